The van der Waals surface area contributed by atoms with Gasteiger partial charge in [0.05, 0.1) is 21.9 Å². The number of fused-ring (bicyclic) bond motifs is 3. The zero-order valence-corrected chi connectivity index (χ0v) is 20.8. The highest BCUT2D eigenvalue weighted by atomic mass is 35.5. The van der Waals surface area contributed by atoms with Gasteiger partial charge in [-0.25, -0.2) is 9.97 Å². The molecule has 1 aliphatic heterocycles. The molecule has 0 saturated heterocycles. The van der Waals surface area contributed by atoms with Crippen LogP contribution in [-0.4, -0.2) is 9.97 Å². The van der Waals surface area contributed by atoms with Crippen LogP contribution in [-0.2, 0) is 0 Å². The molecule has 2 heterocycles. The van der Waals surface area contributed by atoms with Crippen molar-refractivity contribution in [1.29, 1.82) is 0 Å². The molecule has 0 radical (unpaired) electrons. The summed E-state index contributed by atoms with van der Waals surface area (Å²) in [6.07, 6.45) is 0. The van der Waals surface area contributed by atoms with Gasteiger partial charge in [0.15, 0.2) is 23.0 Å². The fourth-order valence-electron chi connectivity index (χ4n) is 4.64. The first kappa shape index (κ1) is 22.3. The molecule has 0 amide bonds. The SMILES string of the molecule is Clc1cc(N(c2ccccc2)c2nc(-c3ccccc3)c3ccccc3n2)cc2c1Oc1ccccc1O2. The smallest absolute Gasteiger partial charge is 0.235 e. The third kappa shape index (κ3) is 3.90. The second-order valence-electron chi connectivity index (χ2n) is 8.83. The van der Waals surface area contributed by atoms with E-state index < -0.39 is 0 Å². The van der Waals surface area contributed by atoms with E-state index in [4.69, 9.17) is 31.0 Å². The zero-order valence-electron chi connectivity index (χ0n) is 20.1. The maximum absolute atomic E-state index is 6.78. The Labute approximate surface area is 224 Å². The van der Waals surface area contributed by atoms with E-state index in [0.29, 0.717) is 34.0 Å². The molecule has 0 saturated carbocycles. The average molecular weight is 514 g/mol. The number of ether oxygens (including phenoxy) is 2. The third-order valence-corrected chi connectivity index (χ3v) is 6.67. The van der Waals surface area contributed by atoms with Crippen LogP contribution in [0.2, 0.25) is 5.02 Å². The van der Waals surface area contributed by atoms with Crippen molar-refractivity contribution >= 4 is 39.8 Å². The van der Waals surface area contributed by atoms with Crippen LogP contribution in [0.4, 0.5) is 17.3 Å². The lowest BCUT2D eigenvalue weighted by Crippen LogP contribution is -2.14. The zero-order chi connectivity index (χ0) is 25.5. The van der Waals surface area contributed by atoms with Gasteiger partial charge in [-0.3, -0.25) is 4.90 Å². The third-order valence-electron chi connectivity index (χ3n) is 6.39. The van der Waals surface area contributed by atoms with Crippen LogP contribution in [0.5, 0.6) is 23.0 Å². The number of anilines is 3. The van der Waals surface area contributed by atoms with Gasteiger partial charge in [0.25, 0.3) is 0 Å². The standard InChI is InChI=1S/C32H20ClN3O2/c33-25-19-23(20-29-31(25)38-28-18-10-9-17-27(28)37-29)36(22-13-5-2-6-14-22)32-34-26-16-8-7-15-24(26)30(35-32)21-11-3-1-4-12-21/h1-20H. The first-order chi connectivity index (χ1) is 18.7. The molecule has 7 rings (SSSR count). The van der Waals surface area contributed by atoms with Crippen molar-refractivity contribution in [3.8, 4) is 34.3 Å². The molecule has 0 fully saturated rings. The molecule has 1 aliphatic rings. The summed E-state index contributed by atoms with van der Waals surface area (Å²) in [5.41, 5.74) is 4.34. The van der Waals surface area contributed by atoms with E-state index in [2.05, 4.69) is 12.1 Å². The van der Waals surface area contributed by atoms with Crippen LogP contribution in [0.25, 0.3) is 22.2 Å². The Bertz CT molecular complexity index is 1790. The number of nitrogens with zero attached hydrogens (tertiary/aromatic N) is 3. The number of rotatable bonds is 4. The molecule has 0 aliphatic carbocycles. The molecule has 1 aromatic heterocycles. The van der Waals surface area contributed by atoms with Crippen LogP contribution in [0.15, 0.2) is 121 Å². The highest BCUT2D eigenvalue weighted by Crippen LogP contribution is 2.51. The van der Waals surface area contributed by atoms with Gasteiger partial charge in [-0.1, -0.05) is 90.5 Å². The van der Waals surface area contributed by atoms with Crippen LogP contribution < -0.4 is 14.4 Å². The molecule has 0 atom stereocenters. The van der Waals surface area contributed by atoms with Gasteiger partial charge in [-0.2, -0.15) is 0 Å². The van der Waals surface area contributed by atoms with E-state index in [9.17, 15) is 0 Å². The summed E-state index contributed by atoms with van der Waals surface area (Å²) >= 11 is 6.78. The number of hydrogen-bond donors (Lipinski definition) is 0. The van der Waals surface area contributed by atoms with Gasteiger partial charge < -0.3 is 9.47 Å². The molecule has 0 N–H and O–H groups in total. The van der Waals surface area contributed by atoms with Gasteiger partial charge >= 0.3 is 0 Å². The molecule has 0 unspecified atom stereocenters. The molecular weight excluding hydrogens is 494 g/mol. The van der Waals surface area contributed by atoms with Crippen LogP contribution in [0.1, 0.15) is 0 Å². The average Bonchev–Trinajstić information content (AvgIpc) is 2.97. The lowest BCUT2D eigenvalue weighted by molar-refractivity contribution is 0.360. The maximum atomic E-state index is 6.78. The summed E-state index contributed by atoms with van der Waals surface area (Å²) in [7, 11) is 0. The quantitative estimate of drug-likeness (QED) is 0.234. The normalized spacial score (nSPS) is 11.7. The number of benzene rings is 5. The molecule has 38 heavy (non-hydrogen) atoms. The van der Waals surface area contributed by atoms with Crippen molar-refractivity contribution in [3.05, 3.63) is 126 Å². The fraction of sp³-hybridized carbons (Fsp3) is 0. The number of halogens is 1. The Morgan fingerprint density at radius 1 is 0.579 bits per heavy atom. The first-order valence-corrected chi connectivity index (χ1v) is 12.6. The molecule has 0 spiro atoms. The molecule has 5 nitrogen and oxygen atoms in total. The Hall–Kier alpha value is -4.87. The molecular formula is C32H20ClN3O2. The van der Waals surface area contributed by atoms with Gasteiger partial charge in [-0.05, 0) is 36.4 Å². The topological polar surface area (TPSA) is 47.5 Å². The summed E-state index contributed by atoms with van der Waals surface area (Å²) in [4.78, 5) is 12.1. The van der Waals surface area contributed by atoms with E-state index in [1.807, 2.05) is 114 Å². The molecule has 182 valence electrons. The van der Waals surface area contributed by atoms with Crippen LogP contribution >= 0.6 is 11.6 Å². The van der Waals surface area contributed by atoms with E-state index in [-0.39, 0.29) is 0 Å². The van der Waals surface area contributed by atoms with Gasteiger partial charge in [0, 0.05) is 22.7 Å². The van der Waals surface area contributed by atoms with Crippen molar-refractivity contribution in [1.82, 2.24) is 9.97 Å². The Morgan fingerprint density at radius 2 is 1.24 bits per heavy atom. The van der Waals surface area contributed by atoms with E-state index >= 15 is 0 Å². The second-order valence-corrected chi connectivity index (χ2v) is 9.24. The van der Waals surface area contributed by atoms with Crippen molar-refractivity contribution in [2.75, 3.05) is 4.90 Å². The maximum Gasteiger partial charge on any atom is 0.235 e. The first-order valence-electron chi connectivity index (χ1n) is 12.2. The van der Waals surface area contributed by atoms with Crippen molar-refractivity contribution in [3.63, 3.8) is 0 Å². The minimum atomic E-state index is 0.428. The molecule has 5 aromatic carbocycles. The minimum Gasteiger partial charge on any atom is -0.449 e. The van der Waals surface area contributed by atoms with Crippen LogP contribution in [0.3, 0.4) is 0 Å². The number of hydrogen-bond acceptors (Lipinski definition) is 5. The Kier molecular flexibility index (Phi) is 5.42. The van der Waals surface area contributed by atoms with Crippen LogP contribution in [0, 0.1) is 0 Å². The van der Waals surface area contributed by atoms with Gasteiger partial charge in [0.2, 0.25) is 5.95 Å². The van der Waals surface area contributed by atoms with E-state index in [0.717, 1.165) is 33.5 Å². The molecule has 6 aromatic rings. The number of para-hydroxylation sites is 4. The van der Waals surface area contributed by atoms with Crippen molar-refractivity contribution < 1.29 is 9.47 Å². The van der Waals surface area contributed by atoms with Gasteiger partial charge in [0.1, 0.15) is 0 Å². The minimum absolute atomic E-state index is 0.428. The predicted octanol–water partition coefficient (Wildman–Crippen LogP) is 9.32. The summed E-state index contributed by atoms with van der Waals surface area (Å²) in [6.45, 7) is 0. The summed E-state index contributed by atoms with van der Waals surface area (Å²) < 4.78 is 12.3. The molecule has 6 heteroatoms. The lowest BCUT2D eigenvalue weighted by Gasteiger charge is -2.27. The highest BCUT2D eigenvalue weighted by Gasteiger charge is 2.26. The Balaban J connectivity index is 1.44. The summed E-state index contributed by atoms with van der Waals surface area (Å²) in [5.74, 6) is 2.78. The summed E-state index contributed by atoms with van der Waals surface area (Å²) in [5, 5.41) is 1.41. The highest BCUT2D eigenvalue weighted by molar-refractivity contribution is 6.32. The van der Waals surface area contributed by atoms with Crippen molar-refractivity contribution in [2.45, 2.75) is 0 Å². The van der Waals surface area contributed by atoms with E-state index in [1.54, 1.807) is 0 Å². The second kappa shape index (κ2) is 9.21. The lowest BCUT2D eigenvalue weighted by atomic mass is 10.1. The molecule has 0 bridgehead atoms. The Morgan fingerprint density at radius 3 is 2.03 bits per heavy atom. The number of aromatic nitrogens is 2. The van der Waals surface area contributed by atoms with Gasteiger partial charge in [-0.15, -0.1) is 0 Å². The van der Waals surface area contributed by atoms with E-state index in [1.165, 1.54) is 0 Å². The fourth-order valence-corrected chi connectivity index (χ4v) is 4.89. The monoisotopic (exact) mass is 513 g/mol. The largest absolute Gasteiger partial charge is 0.449 e. The predicted molar refractivity (Wildman–Crippen MR) is 151 cm³/mol. The summed E-state index contributed by atoms with van der Waals surface area (Å²) in [6, 6.07) is 39.4. The van der Waals surface area contributed by atoms with Crippen molar-refractivity contribution in [2.24, 2.45) is 0 Å².